The summed E-state index contributed by atoms with van der Waals surface area (Å²) in [6.45, 7) is 0. The first-order valence-corrected chi connectivity index (χ1v) is 7.16. The Bertz CT molecular complexity index is 820. The van der Waals surface area contributed by atoms with Gasteiger partial charge in [0.2, 0.25) is 0 Å². The number of nitrogens with zero attached hydrogens (tertiary/aromatic N) is 1. The Morgan fingerprint density at radius 1 is 1.04 bits per heavy atom. The van der Waals surface area contributed by atoms with Crippen LogP contribution in [0.3, 0.4) is 0 Å². The fourth-order valence-electron chi connectivity index (χ4n) is 2.24. The molecule has 0 atom stereocenters. The number of hydrogen-bond acceptors (Lipinski definition) is 4. The zero-order valence-electron chi connectivity index (χ0n) is 12.6. The largest absolute Gasteiger partial charge is 0.467 e. The number of benzene rings is 2. The molecule has 1 aromatic heterocycles. The zero-order chi connectivity index (χ0) is 16.1. The first kappa shape index (κ1) is 14.8. The minimum atomic E-state index is -0.0899. The number of methoxy groups -OCH3 is 1. The SMILES string of the molecule is COc1onc(-c2ccccc2)c1/C=C\C(=O)c1ccccc1. The summed E-state index contributed by atoms with van der Waals surface area (Å²) in [6.07, 6.45) is 3.17. The molecule has 0 fully saturated rings. The van der Waals surface area contributed by atoms with E-state index in [1.54, 1.807) is 18.2 Å². The van der Waals surface area contributed by atoms with Gasteiger partial charge in [-0.1, -0.05) is 65.8 Å². The molecule has 0 radical (unpaired) electrons. The molecule has 2 aromatic carbocycles. The monoisotopic (exact) mass is 305 g/mol. The van der Waals surface area contributed by atoms with E-state index in [0.29, 0.717) is 16.8 Å². The number of ether oxygens (including phenoxy) is 1. The van der Waals surface area contributed by atoms with Gasteiger partial charge in [-0.05, 0) is 12.2 Å². The fourth-order valence-corrected chi connectivity index (χ4v) is 2.24. The van der Waals surface area contributed by atoms with Crippen molar-refractivity contribution in [2.75, 3.05) is 7.11 Å². The second-order valence-electron chi connectivity index (χ2n) is 4.87. The zero-order valence-corrected chi connectivity index (χ0v) is 12.6. The molecule has 0 N–H and O–H groups in total. The summed E-state index contributed by atoms with van der Waals surface area (Å²) < 4.78 is 10.4. The lowest BCUT2D eigenvalue weighted by atomic mass is 10.1. The second kappa shape index (κ2) is 6.75. The molecule has 4 nitrogen and oxygen atoms in total. The number of rotatable bonds is 5. The quantitative estimate of drug-likeness (QED) is 0.522. The average molecular weight is 305 g/mol. The van der Waals surface area contributed by atoms with Crippen LogP contribution in [0.25, 0.3) is 17.3 Å². The Morgan fingerprint density at radius 2 is 1.70 bits per heavy atom. The van der Waals surface area contributed by atoms with Crippen molar-refractivity contribution in [1.29, 1.82) is 0 Å². The Kier molecular flexibility index (Phi) is 4.34. The van der Waals surface area contributed by atoms with Crippen molar-refractivity contribution in [3.8, 4) is 17.2 Å². The molecule has 3 aromatic rings. The van der Waals surface area contributed by atoms with E-state index in [1.165, 1.54) is 13.2 Å². The normalized spacial score (nSPS) is 10.8. The Morgan fingerprint density at radius 3 is 2.35 bits per heavy atom. The number of ketones is 1. The third-order valence-corrected chi connectivity index (χ3v) is 3.39. The summed E-state index contributed by atoms with van der Waals surface area (Å²) in [5.41, 5.74) is 2.80. The van der Waals surface area contributed by atoms with Crippen LogP contribution in [-0.4, -0.2) is 18.0 Å². The minimum absolute atomic E-state index is 0.0899. The molecular formula is C19H15NO3. The summed E-state index contributed by atoms with van der Waals surface area (Å²) in [5.74, 6) is 0.189. The summed E-state index contributed by atoms with van der Waals surface area (Å²) >= 11 is 0. The number of hydrogen-bond donors (Lipinski definition) is 0. The van der Waals surface area contributed by atoms with E-state index < -0.39 is 0 Å². The van der Waals surface area contributed by atoms with E-state index in [1.807, 2.05) is 48.5 Å². The molecular weight excluding hydrogens is 290 g/mol. The number of allylic oxidation sites excluding steroid dienone is 1. The van der Waals surface area contributed by atoms with Crippen LogP contribution in [0.5, 0.6) is 5.95 Å². The Labute approximate surface area is 134 Å². The molecule has 0 aliphatic carbocycles. The molecule has 0 saturated heterocycles. The van der Waals surface area contributed by atoms with Crippen LogP contribution < -0.4 is 4.74 Å². The highest BCUT2D eigenvalue weighted by molar-refractivity contribution is 6.07. The van der Waals surface area contributed by atoms with Crippen molar-refractivity contribution in [3.05, 3.63) is 77.9 Å². The van der Waals surface area contributed by atoms with Gasteiger partial charge in [0.15, 0.2) is 5.78 Å². The predicted octanol–water partition coefficient (Wildman–Crippen LogP) is 4.25. The van der Waals surface area contributed by atoms with Crippen molar-refractivity contribution in [2.45, 2.75) is 0 Å². The number of aromatic nitrogens is 1. The fraction of sp³-hybridized carbons (Fsp3) is 0.0526. The second-order valence-corrected chi connectivity index (χ2v) is 4.87. The summed E-state index contributed by atoms with van der Waals surface area (Å²) in [7, 11) is 1.51. The highest BCUT2D eigenvalue weighted by Crippen LogP contribution is 2.31. The third kappa shape index (κ3) is 3.21. The molecule has 0 bridgehead atoms. The molecule has 4 heteroatoms. The van der Waals surface area contributed by atoms with Gasteiger partial charge >= 0.3 is 5.95 Å². The van der Waals surface area contributed by atoms with E-state index in [-0.39, 0.29) is 11.7 Å². The van der Waals surface area contributed by atoms with Crippen LogP contribution in [0.1, 0.15) is 15.9 Å². The summed E-state index contributed by atoms with van der Waals surface area (Å²) in [6, 6.07) is 18.7. The van der Waals surface area contributed by atoms with Gasteiger partial charge in [-0.2, -0.15) is 0 Å². The molecule has 23 heavy (non-hydrogen) atoms. The van der Waals surface area contributed by atoms with E-state index in [9.17, 15) is 4.79 Å². The Balaban J connectivity index is 1.95. The molecule has 0 saturated carbocycles. The average Bonchev–Trinajstić information content (AvgIpc) is 3.04. The van der Waals surface area contributed by atoms with Crippen molar-refractivity contribution >= 4 is 11.9 Å². The Hall–Kier alpha value is -3.14. The maximum absolute atomic E-state index is 12.2. The maximum atomic E-state index is 12.2. The number of carbonyl (C=O) groups is 1. The van der Waals surface area contributed by atoms with E-state index >= 15 is 0 Å². The van der Waals surface area contributed by atoms with Gasteiger partial charge in [0.25, 0.3) is 0 Å². The van der Waals surface area contributed by atoms with Crippen LogP contribution in [0.15, 0.2) is 71.3 Å². The lowest BCUT2D eigenvalue weighted by molar-refractivity contribution is 0.104. The van der Waals surface area contributed by atoms with Crippen molar-refractivity contribution in [2.24, 2.45) is 0 Å². The summed E-state index contributed by atoms with van der Waals surface area (Å²) in [5, 5.41) is 4.05. The first-order chi connectivity index (χ1) is 11.3. The van der Waals surface area contributed by atoms with Crippen molar-refractivity contribution in [1.82, 2.24) is 5.16 Å². The van der Waals surface area contributed by atoms with Crippen molar-refractivity contribution in [3.63, 3.8) is 0 Å². The minimum Gasteiger partial charge on any atom is -0.467 e. The summed E-state index contributed by atoms with van der Waals surface area (Å²) in [4.78, 5) is 12.2. The molecule has 1 heterocycles. The van der Waals surface area contributed by atoms with Crippen LogP contribution in [-0.2, 0) is 0 Å². The topological polar surface area (TPSA) is 52.3 Å². The highest BCUT2D eigenvalue weighted by atomic mass is 16.6. The van der Waals surface area contributed by atoms with Gasteiger partial charge < -0.3 is 9.26 Å². The lowest BCUT2D eigenvalue weighted by Crippen LogP contribution is -1.93. The molecule has 0 unspecified atom stereocenters. The molecule has 0 amide bonds. The van der Waals surface area contributed by atoms with Crippen LogP contribution >= 0.6 is 0 Å². The smallest absolute Gasteiger partial charge is 0.318 e. The van der Waals surface area contributed by atoms with E-state index in [0.717, 1.165) is 5.56 Å². The van der Waals surface area contributed by atoms with Crippen molar-refractivity contribution < 1.29 is 14.1 Å². The molecule has 3 rings (SSSR count). The molecule has 114 valence electrons. The van der Waals surface area contributed by atoms with Crippen LogP contribution in [0.4, 0.5) is 0 Å². The molecule has 0 aliphatic rings. The van der Waals surface area contributed by atoms with Crippen LogP contribution in [0.2, 0.25) is 0 Å². The highest BCUT2D eigenvalue weighted by Gasteiger charge is 2.16. The molecule has 0 aliphatic heterocycles. The van der Waals surface area contributed by atoms with Gasteiger partial charge in [-0.25, -0.2) is 0 Å². The number of carbonyl (C=O) groups excluding carboxylic acids is 1. The maximum Gasteiger partial charge on any atom is 0.318 e. The van der Waals surface area contributed by atoms with E-state index in [2.05, 4.69) is 5.16 Å². The van der Waals surface area contributed by atoms with Gasteiger partial charge in [0.05, 0.1) is 12.7 Å². The first-order valence-electron chi connectivity index (χ1n) is 7.16. The van der Waals surface area contributed by atoms with Gasteiger partial charge in [-0.15, -0.1) is 0 Å². The predicted molar refractivity (Wildman–Crippen MR) is 88.3 cm³/mol. The van der Waals surface area contributed by atoms with Gasteiger partial charge in [0.1, 0.15) is 5.69 Å². The standard InChI is InChI=1S/C19H15NO3/c1-22-19-16(12-13-17(21)14-8-4-2-5-9-14)18(20-23-19)15-10-6-3-7-11-15/h2-13H,1H3/b13-12-. The van der Waals surface area contributed by atoms with Gasteiger partial charge in [0, 0.05) is 11.1 Å². The van der Waals surface area contributed by atoms with Crippen LogP contribution in [0, 0.1) is 0 Å². The molecule has 0 spiro atoms. The van der Waals surface area contributed by atoms with Gasteiger partial charge in [-0.3, -0.25) is 4.79 Å². The van der Waals surface area contributed by atoms with E-state index in [4.69, 9.17) is 9.26 Å². The lowest BCUT2D eigenvalue weighted by Gasteiger charge is -1.99. The third-order valence-electron chi connectivity index (χ3n) is 3.39.